The second-order valence-corrected chi connectivity index (χ2v) is 4.53. The standard InChI is InChI=1S/C12H9Cl2FN3O/c1-6(19-9-4-5-17-18-12(9)16)10-7(13)2-3-8(15)11(10)14/h2-4,6H,1H3,(H2,16,18). The van der Waals surface area contributed by atoms with Crippen LogP contribution < -0.4 is 10.5 Å². The molecular weight excluding hydrogens is 292 g/mol. The van der Waals surface area contributed by atoms with Crippen molar-refractivity contribution in [1.82, 2.24) is 10.2 Å². The summed E-state index contributed by atoms with van der Waals surface area (Å²) in [5, 5.41) is 7.31. The molecule has 99 valence electrons. The highest BCUT2D eigenvalue weighted by Crippen LogP contribution is 2.35. The average molecular weight is 301 g/mol. The number of rotatable bonds is 3. The molecule has 0 amide bonds. The van der Waals surface area contributed by atoms with E-state index in [1.54, 1.807) is 6.92 Å². The van der Waals surface area contributed by atoms with E-state index in [4.69, 9.17) is 33.7 Å². The zero-order valence-corrected chi connectivity index (χ0v) is 11.3. The lowest BCUT2D eigenvalue weighted by molar-refractivity contribution is 0.227. The molecule has 0 saturated heterocycles. The molecule has 0 aliphatic heterocycles. The van der Waals surface area contributed by atoms with Crippen molar-refractivity contribution in [1.29, 1.82) is 0 Å². The largest absolute Gasteiger partial charge is 0.482 e. The Morgan fingerprint density at radius 3 is 2.84 bits per heavy atom. The maximum atomic E-state index is 13.4. The van der Waals surface area contributed by atoms with Crippen LogP contribution in [0.1, 0.15) is 18.6 Å². The van der Waals surface area contributed by atoms with Gasteiger partial charge in [-0.05, 0) is 19.1 Å². The lowest BCUT2D eigenvalue weighted by atomic mass is 10.1. The first-order valence-corrected chi connectivity index (χ1v) is 6.05. The van der Waals surface area contributed by atoms with Gasteiger partial charge < -0.3 is 10.5 Å². The molecule has 2 rings (SSSR count). The van der Waals surface area contributed by atoms with E-state index in [0.29, 0.717) is 10.6 Å². The Morgan fingerprint density at radius 2 is 2.16 bits per heavy atom. The molecule has 7 heteroatoms. The van der Waals surface area contributed by atoms with Gasteiger partial charge in [0.2, 0.25) is 0 Å². The third kappa shape index (κ3) is 2.88. The molecule has 2 N–H and O–H groups in total. The number of benzene rings is 1. The van der Waals surface area contributed by atoms with Gasteiger partial charge in [-0.25, -0.2) is 4.39 Å². The van der Waals surface area contributed by atoms with Gasteiger partial charge in [0.25, 0.3) is 0 Å². The molecule has 1 heterocycles. The molecule has 0 aliphatic rings. The number of ether oxygens (including phenoxy) is 1. The van der Waals surface area contributed by atoms with E-state index in [1.165, 1.54) is 18.2 Å². The number of nitrogen functional groups attached to an aromatic ring is 1. The molecule has 0 spiro atoms. The smallest absolute Gasteiger partial charge is 0.188 e. The van der Waals surface area contributed by atoms with Crippen LogP contribution in [0, 0.1) is 12.0 Å². The Bertz CT molecular complexity index is 610. The lowest BCUT2D eigenvalue weighted by Crippen LogP contribution is -2.08. The van der Waals surface area contributed by atoms with E-state index in [0.717, 1.165) is 0 Å². The monoisotopic (exact) mass is 300 g/mol. The number of halogens is 3. The fourth-order valence-corrected chi connectivity index (χ4v) is 2.23. The summed E-state index contributed by atoms with van der Waals surface area (Å²) in [7, 11) is 0. The van der Waals surface area contributed by atoms with Crippen LogP contribution in [0.5, 0.6) is 5.75 Å². The number of hydrogen-bond acceptors (Lipinski definition) is 4. The molecule has 1 atom stereocenters. The summed E-state index contributed by atoms with van der Waals surface area (Å²) in [6.07, 6.45) is 1.89. The second-order valence-electron chi connectivity index (χ2n) is 3.74. The Balaban J connectivity index is 2.33. The fraction of sp³-hybridized carbons (Fsp3) is 0.167. The third-order valence-corrected chi connectivity index (χ3v) is 3.17. The summed E-state index contributed by atoms with van der Waals surface area (Å²) in [5.74, 6) is -0.183. The van der Waals surface area contributed by atoms with Crippen molar-refractivity contribution < 1.29 is 9.13 Å². The highest BCUT2D eigenvalue weighted by Gasteiger charge is 2.19. The molecule has 0 bridgehead atoms. The Labute approximate surface area is 119 Å². The van der Waals surface area contributed by atoms with Crippen LogP contribution in [0.4, 0.5) is 10.2 Å². The van der Waals surface area contributed by atoms with E-state index in [-0.39, 0.29) is 16.6 Å². The van der Waals surface area contributed by atoms with Gasteiger partial charge in [-0.1, -0.05) is 23.2 Å². The number of nitrogens with two attached hydrogens (primary N) is 1. The van der Waals surface area contributed by atoms with Crippen LogP contribution in [0.25, 0.3) is 0 Å². The van der Waals surface area contributed by atoms with Gasteiger partial charge in [-0.3, -0.25) is 0 Å². The molecule has 1 radical (unpaired) electrons. The van der Waals surface area contributed by atoms with E-state index in [2.05, 4.69) is 16.4 Å². The molecule has 2 aromatic rings. The summed E-state index contributed by atoms with van der Waals surface area (Å²) >= 11 is 11.9. The van der Waals surface area contributed by atoms with E-state index >= 15 is 0 Å². The first kappa shape index (κ1) is 13.8. The first-order valence-electron chi connectivity index (χ1n) is 5.30. The van der Waals surface area contributed by atoms with Crippen LogP contribution >= 0.6 is 23.2 Å². The van der Waals surface area contributed by atoms with Crippen LogP contribution in [0.3, 0.4) is 0 Å². The fourth-order valence-electron chi connectivity index (χ4n) is 1.55. The van der Waals surface area contributed by atoms with Crippen molar-refractivity contribution in [2.24, 2.45) is 0 Å². The predicted molar refractivity (Wildman–Crippen MR) is 70.7 cm³/mol. The number of anilines is 1. The van der Waals surface area contributed by atoms with Gasteiger partial charge >= 0.3 is 0 Å². The SMILES string of the molecule is CC(Oc1c[c]nnc1N)c1c(Cl)ccc(F)c1Cl. The third-order valence-electron chi connectivity index (χ3n) is 2.45. The van der Waals surface area contributed by atoms with Gasteiger partial charge in [-0.2, -0.15) is 0 Å². The van der Waals surface area contributed by atoms with Crippen molar-refractivity contribution in [3.05, 3.63) is 45.8 Å². The van der Waals surface area contributed by atoms with Gasteiger partial charge in [0.15, 0.2) is 11.6 Å². The summed E-state index contributed by atoms with van der Waals surface area (Å²) in [5.41, 5.74) is 5.94. The van der Waals surface area contributed by atoms with E-state index in [1.807, 2.05) is 0 Å². The highest BCUT2D eigenvalue weighted by molar-refractivity contribution is 6.36. The van der Waals surface area contributed by atoms with Crippen LogP contribution in [-0.2, 0) is 0 Å². The molecule has 0 fully saturated rings. The summed E-state index contributed by atoms with van der Waals surface area (Å²) in [6, 6.07) is 4.04. The molecule has 4 nitrogen and oxygen atoms in total. The molecule has 19 heavy (non-hydrogen) atoms. The average Bonchev–Trinajstić information content (AvgIpc) is 2.37. The normalized spacial score (nSPS) is 12.2. The van der Waals surface area contributed by atoms with Crippen LogP contribution in [-0.4, -0.2) is 10.2 Å². The molecule has 1 unspecified atom stereocenters. The summed E-state index contributed by atoms with van der Waals surface area (Å²) in [4.78, 5) is 0. The first-order chi connectivity index (χ1) is 9.00. The van der Waals surface area contributed by atoms with E-state index in [9.17, 15) is 4.39 Å². The predicted octanol–water partition coefficient (Wildman–Crippen LogP) is 3.44. The minimum absolute atomic E-state index is 0.0791. The molecule has 0 saturated carbocycles. The molecule has 0 aliphatic carbocycles. The lowest BCUT2D eigenvalue weighted by Gasteiger charge is -2.18. The second kappa shape index (κ2) is 5.59. The number of hydrogen-bond donors (Lipinski definition) is 1. The molecule has 1 aromatic carbocycles. The van der Waals surface area contributed by atoms with Gasteiger partial charge in [-0.15, -0.1) is 10.2 Å². The number of aromatic nitrogens is 2. The zero-order chi connectivity index (χ0) is 14.0. The maximum absolute atomic E-state index is 13.4. The maximum Gasteiger partial charge on any atom is 0.188 e. The van der Waals surface area contributed by atoms with Crippen LogP contribution in [0.15, 0.2) is 18.2 Å². The Hall–Kier alpha value is -1.59. The summed E-state index contributed by atoms with van der Waals surface area (Å²) < 4.78 is 19.0. The Kier molecular flexibility index (Phi) is 4.07. The molecular formula is C12H9Cl2FN3O. The van der Waals surface area contributed by atoms with Gasteiger partial charge in [0.1, 0.15) is 18.1 Å². The highest BCUT2D eigenvalue weighted by atomic mass is 35.5. The quantitative estimate of drug-likeness (QED) is 0.882. The Morgan fingerprint density at radius 1 is 1.42 bits per heavy atom. The minimum Gasteiger partial charge on any atom is -0.482 e. The summed E-state index contributed by atoms with van der Waals surface area (Å²) in [6.45, 7) is 1.67. The van der Waals surface area contributed by atoms with Crippen molar-refractivity contribution in [3.8, 4) is 5.75 Å². The van der Waals surface area contributed by atoms with Gasteiger partial charge in [0.05, 0.1) is 5.02 Å². The van der Waals surface area contributed by atoms with E-state index < -0.39 is 11.9 Å². The van der Waals surface area contributed by atoms with Crippen molar-refractivity contribution >= 4 is 29.0 Å². The minimum atomic E-state index is -0.601. The topological polar surface area (TPSA) is 61.0 Å². The molecule has 1 aromatic heterocycles. The zero-order valence-electron chi connectivity index (χ0n) is 9.82. The van der Waals surface area contributed by atoms with Crippen molar-refractivity contribution in [3.63, 3.8) is 0 Å². The van der Waals surface area contributed by atoms with Gasteiger partial charge in [0, 0.05) is 16.7 Å². The van der Waals surface area contributed by atoms with Crippen molar-refractivity contribution in [2.45, 2.75) is 13.0 Å². The van der Waals surface area contributed by atoms with Crippen LogP contribution in [0.2, 0.25) is 10.0 Å². The van der Waals surface area contributed by atoms with Crippen molar-refractivity contribution in [2.75, 3.05) is 5.73 Å². The number of nitrogens with zero attached hydrogens (tertiary/aromatic N) is 2.